The Balaban J connectivity index is 4.38. The van der Waals surface area contributed by atoms with E-state index >= 15 is 0 Å². The maximum absolute atomic E-state index is 10.4. The van der Waals surface area contributed by atoms with E-state index in [0.29, 0.717) is 13.1 Å². The predicted molar refractivity (Wildman–Crippen MR) is 57.1 cm³/mol. The van der Waals surface area contributed by atoms with Crippen LogP contribution in [0.1, 0.15) is 0 Å². The number of rotatable bonds is 7. The highest BCUT2D eigenvalue weighted by Crippen LogP contribution is 1.98. The highest BCUT2D eigenvalue weighted by atomic mass is 16.4. The summed E-state index contributed by atoms with van der Waals surface area (Å²) < 4.78 is 0. The van der Waals surface area contributed by atoms with Crippen molar-refractivity contribution in [1.82, 2.24) is 10.2 Å². The van der Waals surface area contributed by atoms with Gasteiger partial charge in [-0.3, -0.25) is 4.90 Å². The van der Waals surface area contributed by atoms with E-state index in [2.05, 4.69) is 25.1 Å². The van der Waals surface area contributed by atoms with Crippen molar-refractivity contribution >= 4 is 6.09 Å². The van der Waals surface area contributed by atoms with Crippen LogP contribution in [0.5, 0.6) is 0 Å². The number of nitrogens with zero attached hydrogens (tertiary/aromatic N) is 1. The Morgan fingerprint density at radius 2 is 1.86 bits per heavy atom. The molecule has 2 N–H and O–H groups in total. The second-order valence-corrected chi connectivity index (χ2v) is 2.66. The molecule has 1 atom stereocenters. The molecule has 0 aliphatic carbocycles. The molecule has 4 heteroatoms. The third-order valence-electron chi connectivity index (χ3n) is 1.62. The summed E-state index contributed by atoms with van der Waals surface area (Å²) in [6.07, 6.45) is 3.44. The molecule has 0 radical (unpaired) electrons. The van der Waals surface area contributed by atoms with E-state index in [1.165, 1.54) is 6.08 Å². The molecule has 0 aromatic carbocycles. The lowest BCUT2D eigenvalue weighted by Gasteiger charge is -2.26. The van der Waals surface area contributed by atoms with Crippen LogP contribution in [-0.2, 0) is 0 Å². The molecule has 0 saturated heterocycles. The van der Waals surface area contributed by atoms with E-state index in [1.807, 2.05) is 4.90 Å². The molecule has 0 aromatic rings. The topological polar surface area (TPSA) is 52.6 Å². The van der Waals surface area contributed by atoms with Gasteiger partial charge in [0.05, 0.1) is 0 Å². The number of nitrogens with one attached hydrogen (secondary N) is 1. The highest BCUT2D eigenvalue weighted by molar-refractivity contribution is 5.65. The van der Waals surface area contributed by atoms with Crippen molar-refractivity contribution < 1.29 is 9.90 Å². The van der Waals surface area contributed by atoms with Crippen molar-refractivity contribution in [3.05, 3.63) is 38.0 Å². The van der Waals surface area contributed by atoms with E-state index in [1.54, 1.807) is 12.2 Å². The Labute approximate surface area is 84.2 Å². The molecule has 0 aromatic heterocycles. The molecule has 0 bridgehead atoms. The van der Waals surface area contributed by atoms with E-state index in [0.717, 1.165) is 0 Å². The summed E-state index contributed by atoms with van der Waals surface area (Å²) in [5.74, 6) is 0. The van der Waals surface area contributed by atoms with Crippen LogP contribution in [0.2, 0.25) is 0 Å². The van der Waals surface area contributed by atoms with Crippen LogP contribution in [-0.4, -0.2) is 35.4 Å². The Morgan fingerprint density at radius 1 is 1.36 bits per heavy atom. The Kier molecular flexibility index (Phi) is 6.15. The smallest absolute Gasteiger partial charge is 0.406 e. The molecule has 1 unspecified atom stereocenters. The van der Waals surface area contributed by atoms with Crippen LogP contribution in [0.15, 0.2) is 38.0 Å². The van der Waals surface area contributed by atoms with Gasteiger partial charge in [0.1, 0.15) is 6.17 Å². The minimum Gasteiger partial charge on any atom is -0.465 e. The molecule has 0 saturated carbocycles. The molecule has 0 rings (SSSR count). The quantitative estimate of drug-likeness (QED) is 0.478. The van der Waals surface area contributed by atoms with E-state index in [9.17, 15) is 4.79 Å². The van der Waals surface area contributed by atoms with Gasteiger partial charge < -0.3 is 10.4 Å². The molecule has 0 aliphatic heterocycles. The van der Waals surface area contributed by atoms with Crippen molar-refractivity contribution in [3.63, 3.8) is 0 Å². The van der Waals surface area contributed by atoms with Crippen LogP contribution in [0.3, 0.4) is 0 Å². The third-order valence-corrected chi connectivity index (χ3v) is 1.62. The summed E-state index contributed by atoms with van der Waals surface area (Å²) in [7, 11) is 0. The van der Waals surface area contributed by atoms with Gasteiger partial charge in [-0.05, 0) is 0 Å². The molecule has 1 amide bonds. The van der Waals surface area contributed by atoms with Gasteiger partial charge in [0.15, 0.2) is 0 Å². The van der Waals surface area contributed by atoms with Gasteiger partial charge in [0, 0.05) is 13.1 Å². The van der Waals surface area contributed by atoms with Gasteiger partial charge in [0.25, 0.3) is 0 Å². The van der Waals surface area contributed by atoms with Crippen LogP contribution in [0.4, 0.5) is 4.79 Å². The van der Waals surface area contributed by atoms with Gasteiger partial charge in [-0.2, -0.15) is 0 Å². The van der Waals surface area contributed by atoms with Crippen molar-refractivity contribution in [1.29, 1.82) is 0 Å². The zero-order chi connectivity index (χ0) is 11.0. The average molecular weight is 196 g/mol. The van der Waals surface area contributed by atoms with Crippen molar-refractivity contribution in [2.45, 2.75) is 6.17 Å². The van der Waals surface area contributed by atoms with Crippen molar-refractivity contribution in [2.75, 3.05) is 13.1 Å². The molecule has 14 heavy (non-hydrogen) atoms. The average Bonchev–Trinajstić information content (AvgIpc) is 2.13. The fourth-order valence-electron chi connectivity index (χ4n) is 1.06. The number of carboxylic acid groups (broad SMARTS) is 1. The first-order chi connectivity index (χ1) is 6.65. The fraction of sp³-hybridized carbons (Fsp3) is 0.300. The fourth-order valence-corrected chi connectivity index (χ4v) is 1.06. The van der Waals surface area contributed by atoms with Gasteiger partial charge in [-0.15, -0.1) is 13.2 Å². The second-order valence-electron chi connectivity index (χ2n) is 2.66. The summed E-state index contributed by atoms with van der Waals surface area (Å²) in [4.78, 5) is 12.3. The summed E-state index contributed by atoms with van der Waals surface area (Å²) >= 11 is 0. The summed E-state index contributed by atoms with van der Waals surface area (Å²) in [5, 5.41) is 10.9. The van der Waals surface area contributed by atoms with Crippen LogP contribution in [0, 0.1) is 0 Å². The maximum Gasteiger partial charge on any atom is 0.406 e. The summed E-state index contributed by atoms with van der Waals surface area (Å²) in [6.45, 7) is 11.9. The van der Waals surface area contributed by atoms with Gasteiger partial charge in [-0.25, -0.2) is 4.79 Å². The predicted octanol–water partition coefficient (Wildman–Crippen LogP) is 1.44. The SMILES string of the molecule is C=CCN(CC=C)C(C=C)NC(=O)O. The lowest BCUT2D eigenvalue weighted by molar-refractivity contribution is 0.171. The van der Waals surface area contributed by atoms with Crippen molar-refractivity contribution in [3.8, 4) is 0 Å². The third kappa shape index (κ3) is 4.47. The number of hydrogen-bond acceptors (Lipinski definition) is 2. The van der Waals surface area contributed by atoms with E-state index in [4.69, 9.17) is 5.11 Å². The Bertz CT molecular complexity index is 216. The van der Waals surface area contributed by atoms with Crippen LogP contribution in [0.25, 0.3) is 0 Å². The second kappa shape index (κ2) is 6.91. The van der Waals surface area contributed by atoms with Crippen LogP contribution < -0.4 is 5.32 Å². The number of amides is 1. The van der Waals surface area contributed by atoms with Crippen molar-refractivity contribution in [2.24, 2.45) is 0 Å². The van der Waals surface area contributed by atoms with E-state index in [-0.39, 0.29) is 0 Å². The molecule has 78 valence electrons. The maximum atomic E-state index is 10.4. The van der Waals surface area contributed by atoms with Gasteiger partial charge in [0.2, 0.25) is 0 Å². The molecule has 0 heterocycles. The van der Waals surface area contributed by atoms with Gasteiger partial charge >= 0.3 is 6.09 Å². The van der Waals surface area contributed by atoms with Crippen LogP contribution >= 0.6 is 0 Å². The molecule has 0 spiro atoms. The highest BCUT2D eigenvalue weighted by Gasteiger charge is 2.14. The Hall–Kier alpha value is -1.55. The Morgan fingerprint density at radius 3 is 2.14 bits per heavy atom. The minimum atomic E-state index is -1.08. The minimum absolute atomic E-state index is 0.413. The first-order valence-electron chi connectivity index (χ1n) is 4.23. The van der Waals surface area contributed by atoms with Gasteiger partial charge in [-0.1, -0.05) is 24.8 Å². The molecule has 0 aliphatic rings. The zero-order valence-corrected chi connectivity index (χ0v) is 8.15. The monoisotopic (exact) mass is 196 g/mol. The first kappa shape index (κ1) is 12.4. The number of hydrogen-bond donors (Lipinski definition) is 2. The zero-order valence-electron chi connectivity index (χ0n) is 8.15. The molecular weight excluding hydrogens is 180 g/mol. The lowest BCUT2D eigenvalue weighted by atomic mass is 10.3. The first-order valence-corrected chi connectivity index (χ1v) is 4.23. The summed E-state index contributed by atoms with van der Waals surface area (Å²) in [6, 6.07) is 0. The van der Waals surface area contributed by atoms with E-state index < -0.39 is 12.3 Å². The lowest BCUT2D eigenvalue weighted by Crippen LogP contribution is -2.46. The molecule has 0 fully saturated rings. The standard InChI is InChI=1S/C10H16N2O2/c1-4-7-12(8-5-2)9(6-3)11-10(13)14/h4-6,9,11H,1-3,7-8H2,(H,13,14). The normalized spacial score (nSPS) is 11.8. The molecular formula is C10H16N2O2. The summed E-state index contributed by atoms with van der Waals surface area (Å²) in [5.41, 5.74) is 0. The molecule has 4 nitrogen and oxygen atoms in total. The number of carbonyl (C=O) groups is 1. The largest absolute Gasteiger partial charge is 0.465 e.